The lowest BCUT2D eigenvalue weighted by Crippen LogP contribution is -2.43. The fourth-order valence-electron chi connectivity index (χ4n) is 3.28. The van der Waals surface area contributed by atoms with Crippen molar-refractivity contribution in [1.82, 2.24) is 4.90 Å². The predicted octanol–water partition coefficient (Wildman–Crippen LogP) is 1.39. The van der Waals surface area contributed by atoms with Crippen molar-refractivity contribution in [3.8, 4) is 0 Å². The summed E-state index contributed by atoms with van der Waals surface area (Å²) in [6.45, 7) is 2.51. The van der Waals surface area contributed by atoms with Gasteiger partial charge in [-0.1, -0.05) is 19.3 Å². The molecule has 1 heterocycles. The summed E-state index contributed by atoms with van der Waals surface area (Å²) in [4.78, 5) is 14.5. The average Bonchev–Trinajstić information content (AvgIpc) is 2.71. The molecule has 104 valence electrons. The van der Waals surface area contributed by atoms with Gasteiger partial charge >= 0.3 is 0 Å². The van der Waals surface area contributed by atoms with Crippen LogP contribution in [0.25, 0.3) is 0 Å². The third kappa shape index (κ3) is 3.23. The number of likely N-dealkylation sites (tertiary alicyclic amines) is 1. The molecular formula is C14H26N2O2. The van der Waals surface area contributed by atoms with Crippen LogP contribution in [-0.4, -0.2) is 43.7 Å². The number of rotatable bonds is 3. The second-order valence-electron chi connectivity index (χ2n) is 5.80. The van der Waals surface area contributed by atoms with Crippen molar-refractivity contribution in [2.24, 2.45) is 17.6 Å². The van der Waals surface area contributed by atoms with Crippen LogP contribution in [0.1, 0.15) is 38.5 Å². The number of hydrogen-bond acceptors (Lipinski definition) is 3. The maximum Gasteiger partial charge on any atom is 0.227 e. The molecule has 1 amide bonds. The van der Waals surface area contributed by atoms with Crippen LogP contribution in [0.5, 0.6) is 0 Å². The molecule has 3 atom stereocenters. The van der Waals surface area contributed by atoms with Gasteiger partial charge in [0.05, 0.1) is 12.5 Å². The smallest absolute Gasteiger partial charge is 0.227 e. The highest BCUT2D eigenvalue weighted by atomic mass is 16.5. The molecule has 4 heteroatoms. The molecule has 2 fully saturated rings. The highest BCUT2D eigenvalue weighted by Gasteiger charge is 2.34. The largest absolute Gasteiger partial charge is 0.384 e. The third-order valence-electron chi connectivity index (χ3n) is 4.39. The fraction of sp³-hybridized carbons (Fsp3) is 0.929. The van der Waals surface area contributed by atoms with Crippen molar-refractivity contribution in [1.29, 1.82) is 0 Å². The number of carbonyl (C=O) groups is 1. The van der Waals surface area contributed by atoms with Crippen molar-refractivity contribution >= 4 is 5.91 Å². The molecule has 2 rings (SSSR count). The molecule has 1 saturated carbocycles. The van der Waals surface area contributed by atoms with Gasteiger partial charge < -0.3 is 15.4 Å². The average molecular weight is 254 g/mol. The van der Waals surface area contributed by atoms with E-state index in [-0.39, 0.29) is 12.0 Å². The molecule has 0 aromatic rings. The maximum absolute atomic E-state index is 12.5. The first-order chi connectivity index (χ1) is 8.72. The fourth-order valence-corrected chi connectivity index (χ4v) is 3.28. The molecule has 2 N–H and O–H groups in total. The van der Waals surface area contributed by atoms with E-state index in [0.29, 0.717) is 11.8 Å². The standard InChI is InChI=1S/C14H26N2O2/c1-18-10-11-7-8-16(9-11)14(17)12-5-3-2-4-6-13(12)15/h11-13H,2-10,15H2,1H3. The van der Waals surface area contributed by atoms with Crippen LogP contribution in [-0.2, 0) is 9.53 Å². The van der Waals surface area contributed by atoms with E-state index >= 15 is 0 Å². The molecule has 18 heavy (non-hydrogen) atoms. The quantitative estimate of drug-likeness (QED) is 0.774. The van der Waals surface area contributed by atoms with E-state index in [4.69, 9.17) is 10.5 Å². The van der Waals surface area contributed by atoms with Crippen LogP contribution >= 0.6 is 0 Å². The Bertz CT molecular complexity index is 283. The SMILES string of the molecule is COCC1CCN(C(=O)C2CCCCCC2N)C1. The number of amides is 1. The van der Waals surface area contributed by atoms with E-state index in [1.165, 1.54) is 12.8 Å². The summed E-state index contributed by atoms with van der Waals surface area (Å²) in [7, 11) is 1.73. The summed E-state index contributed by atoms with van der Waals surface area (Å²) < 4.78 is 5.18. The zero-order valence-electron chi connectivity index (χ0n) is 11.4. The molecule has 0 bridgehead atoms. The van der Waals surface area contributed by atoms with Crippen LogP contribution < -0.4 is 5.73 Å². The Kier molecular flexibility index (Phi) is 5.01. The summed E-state index contributed by atoms with van der Waals surface area (Å²) in [6.07, 6.45) is 6.61. The van der Waals surface area contributed by atoms with Crippen molar-refractivity contribution in [2.45, 2.75) is 44.6 Å². The van der Waals surface area contributed by atoms with E-state index in [1.54, 1.807) is 7.11 Å². The summed E-state index contributed by atoms with van der Waals surface area (Å²) in [6, 6.07) is 0.0708. The maximum atomic E-state index is 12.5. The molecule has 1 saturated heterocycles. The Morgan fingerprint density at radius 2 is 2.06 bits per heavy atom. The van der Waals surface area contributed by atoms with E-state index < -0.39 is 0 Å². The Morgan fingerprint density at radius 3 is 2.83 bits per heavy atom. The topological polar surface area (TPSA) is 55.6 Å². The van der Waals surface area contributed by atoms with E-state index in [1.807, 2.05) is 4.90 Å². The Labute approximate surface area is 110 Å². The van der Waals surface area contributed by atoms with Crippen molar-refractivity contribution in [2.75, 3.05) is 26.8 Å². The zero-order valence-corrected chi connectivity index (χ0v) is 11.4. The van der Waals surface area contributed by atoms with Gasteiger partial charge in [-0.25, -0.2) is 0 Å². The second-order valence-corrected chi connectivity index (χ2v) is 5.80. The first kappa shape index (κ1) is 13.8. The van der Waals surface area contributed by atoms with Gasteiger partial charge in [-0.15, -0.1) is 0 Å². The van der Waals surface area contributed by atoms with Crippen LogP contribution in [0.4, 0.5) is 0 Å². The molecule has 2 aliphatic rings. The van der Waals surface area contributed by atoms with E-state index in [9.17, 15) is 4.79 Å². The Morgan fingerprint density at radius 1 is 1.28 bits per heavy atom. The number of nitrogens with zero attached hydrogens (tertiary/aromatic N) is 1. The molecule has 0 aromatic heterocycles. The Hall–Kier alpha value is -0.610. The van der Waals surface area contributed by atoms with Gasteiger partial charge in [0.25, 0.3) is 0 Å². The molecule has 0 aromatic carbocycles. The minimum absolute atomic E-state index is 0.0637. The molecular weight excluding hydrogens is 228 g/mol. The lowest BCUT2D eigenvalue weighted by atomic mass is 9.94. The normalized spacial score (nSPS) is 33.4. The van der Waals surface area contributed by atoms with Gasteiger partial charge in [0.15, 0.2) is 0 Å². The number of hydrogen-bond donors (Lipinski definition) is 1. The van der Waals surface area contributed by atoms with Crippen molar-refractivity contribution < 1.29 is 9.53 Å². The Balaban J connectivity index is 1.90. The molecule has 1 aliphatic heterocycles. The first-order valence-electron chi connectivity index (χ1n) is 7.25. The number of carbonyl (C=O) groups excluding carboxylic acids is 1. The van der Waals surface area contributed by atoms with Crippen LogP contribution in [0.2, 0.25) is 0 Å². The van der Waals surface area contributed by atoms with Gasteiger partial charge in [0, 0.05) is 32.2 Å². The van der Waals surface area contributed by atoms with Gasteiger partial charge in [0.2, 0.25) is 5.91 Å². The van der Waals surface area contributed by atoms with E-state index in [2.05, 4.69) is 0 Å². The van der Waals surface area contributed by atoms with Crippen molar-refractivity contribution in [3.05, 3.63) is 0 Å². The molecule has 4 nitrogen and oxygen atoms in total. The predicted molar refractivity (Wildman–Crippen MR) is 71.1 cm³/mol. The number of nitrogens with two attached hydrogens (primary N) is 1. The molecule has 0 spiro atoms. The first-order valence-corrected chi connectivity index (χ1v) is 7.25. The summed E-state index contributed by atoms with van der Waals surface area (Å²) in [5, 5.41) is 0. The number of ether oxygens (including phenoxy) is 1. The van der Waals surface area contributed by atoms with Crippen molar-refractivity contribution in [3.63, 3.8) is 0 Å². The molecule has 3 unspecified atom stereocenters. The number of methoxy groups -OCH3 is 1. The molecule has 1 aliphatic carbocycles. The van der Waals surface area contributed by atoms with E-state index in [0.717, 1.165) is 45.4 Å². The highest BCUT2D eigenvalue weighted by Crippen LogP contribution is 2.26. The second kappa shape index (κ2) is 6.53. The zero-order chi connectivity index (χ0) is 13.0. The third-order valence-corrected chi connectivity index (χ3v) is 4.39. The minimum atomic E-state index is 0.0637. The lowest BCUT2D eigenvalue weighted by Gasteiger charge is -2.26. The lowest BCUT2D eigenvalue weighted by molar-refractivity contribution is -0.135. The van der Waals surface area contributed by atoms with Gasteiger partial charge in [-0.3, -0.25) is 4.79 Å². The minimum Gasteiger partial charge on any atom is -0.384 e. The molecule has 0 radical (unpaired) electrons. The summed E-state index contributed by atoms with van der Waals surface area (Å²) >= 11 is 0. The monoisotopic (exact) mass is 254 g/mol. The van der Waals surface area contributed by atoms with Gasteiger partial charge in [-0.2, -0.15) is 0 Å². The van der Waals surface area contributed by atoms with Crippen LogP contribution in [0, 0.1) is 11.8 Å². The summed E-state index contributed by atoms with van der Waals surface area (Å²) in [5.41, 5.74) is 6.17. The summed E-state index contributed by atoms with van der Waals surface area (Å²) in [5.74, 6) is 0.873. The van der Waals surface area contributed by atoms with Gasteiger partial charge in [0.1, 0.15) is 0 Å². The van der Waals surface area contributed by atoms with Crippen LogP contribution in [0.15, 0.2) is 0 Å². The highest BCUT2D eigenvalue weighted by molar-refractivity contribution is 5.79. The van der Waals surface area contributed by atoms with Crippen LogP contribution in [0.3, 0.4) is 0 Å². The van der Waals surface area contributed by atoms with Gasteiger partial charge in [-0.05, 0) is 19.3 Å².